The van der Waals surface area contributed by atoms with Gasteiger partial charge in [-0.05, 0) is 34.1 Å². The Bertz CT molecular complexity index is 684. The van der Waals surface area contributed by atoms with Crippen molar-refractivity contribution >= 4 is 33.5 Å². The van der Waals surface area contributed by atoms with Crippen molar-refractivity contribution in [2.24, 2.45) is 0 Å². The highest BCUT2D eigenvalue weighted by molar-refractivity contribution is 9.10. The van der Waals surface area contributed by atoms with Crippen molar-refractivity contribution in [3.8, 4) is 5.69 Å². The van der Waals surface area contributed by atoms with Crippen molar-refractivity contribution in [1.29, 1.82) is 0 Å². The van der Waals surface area contributed by atoms with Gasteiger partial charge in [-0.2, -0.15) is 5.10 Å². The second-order valence-electron chi connectivity index (χ2n) is 3.37. The van der Waals surface area contributed by atoms with Crippen LogP contribution in [0.4, 0.5) is 0 Å². The molecule has 0 amide bonds. The minimum Gasteiger partial charge on any atom is -0.476 e. The molecule has 0 saturated carbocycles. The minimum atomic E-state index is -1.36. The maximum absolute atomic E-state index is 11.3. The average Bonchev–Trinajstić information content (AvgIpc) is 2.30. The molecule has 0 atom stereocenters. The predicted molar refractivity (Wildman–Crippen MR) is 69.5 cm³/mol. The molecule has 5 nitrogen and oxygen atoms in total. The fourth-order valence-electron chi connectivity index (χ4n) is 1.36. The third kappa shape index (κ3) is 2.44. The molecule has 0 spiro atoms. The van der Waals surface area contributed by atoms with Gasteiger partial charge in [-0.1, -0.05) is 11.6 Å². The van der Waals surface area contributed by atoms with Gasteiger partial charge < -0.3 is 5.11 Å². The van der Waals surface area contributed by atoms with E-state index in [-0.39, 0.29) is 0 Å². The van der Waals surface area contributed by atoms with Crippen LogP contribution in [0.15, 0.2) is 39.7 Å². The van der Waals surface area contributed by atoms with E-state index in [0.29, 0.717) is 15.2 Å². The normalized spacial score (nSPS) is 10.3. The molecule has 0 saturated heterocycles. The number of halogens is 2. The Morgan fingerprint density at radius 1 is 1.39 bits per heavy atom. The van der Waals surface area contributed by atoms with Crippen LogP contribution < -0.4 is 5.43 Å². The Hall–Kier alpha value is -1.66. The van der Waals surface area contributed by atoms with Crippen LogP contribution >= 0.6 is 27.5 Å². The number of aromatic nitrogens is 2. The molecule has 0 fully saturated rings. The molecule has 18 heavy (non-hydrogen) atoms. The van der Waals surface area contributed by atoms with E-state index < -0.39 is 17.1 Å². The summed E-state index contributed by atoms with van der Waals surface area (Å²) < 4.78 is 1.94. The third-order valence-electron chi connectivity index (χ3n) is 2.17. The smallest absolute Gasteiger partial charge is 0.360 e. The fraction of sp³-hybridized carbons (Fsp3) is 0. The van der Waals surface area contributed by atoms with E-state index in [0.717, 1.165) is 6.07 Å². The van der Waals surface area contributed by atoms with Crippen LogP contribution in [-0.4, -0.2) is 20.9 Å². The summed E-state index contributed by atoms with van der Waals surface area (Å²) >= 11 is 9.10. The Morgan fingerprint density at radius 2 is 2.11 bits per heavy atom. The molecule has 1 aromatic carbocycles. The number of carboxylic acid groups (broad SMARTS) is 1. The Labute approximate surface area is 115 Å². The van der Waals surface area contributed by atoms with Gasteiger partial charge in [0.25, 0.3) is 0 Å². The lowest BCUT2D eigenvalue weighted by Gasteiger charge is -2.08. The molecule has 0 unspecified atom stereocenters. The molecule has 0 aliphatic rings. The number of nitrogens with zero attached hydrogens (tertiary/aromatic N) is 2. The highest BCUT2D eigenvalue weighted by Gasteiger charge is 2.12. The summed E-state index contributed by atoms with van der Waals surface area (Å²) in [7, 11) is 0. The Morgan fingerprint density at radius 3 is 2.72 bits per heavy atom. The number of hydrogen-bond donors (Lipinski definition) is 1. The summed E-state index contributed by atoms with van der Waals surface area (Å²) in [4.78, 5) is 22.1. The number of rotatable bonds is 2. The second kappa shape index (κ2) is 4.91. The van der Waals surface area contributed by atoms with Gasteiger partial charge in [-0.25, -0.2) is 9.48 Å². The van der Waals surface area contributed by atoms with Crippen LogP contribution in [0.5, 0.6) is 0 Å². The second-order valence-corrected chi connectivity index (χ2v) is 4.66. The van der Waals surface area contributed by atoms with E-state index in [2.05, 4.69) is 21.0 Å². The average molecular weight is 330 g/mol. The van der Waals surface area contributed by atoms with Crippen LogP contribution in [0.1, 0.15) is 10.5 Å². The van der Waals surface area contributed by atoms with Gasteiger partial charge in [0, 0.05) is 21.8 Å². The summed E-state index contributed by atoms with van der Waals surface area (Å²) in [5.41, 5.74) is -0.579. The number of hydrogen-bond acceptors (Lipinski definition) is 3. The zero-order chi connectivity index (χ0) is 13.3. The summed E-state index contributed by atoms with van der Waals surface area (Å²) in [6, 6.07) is 6.10. The lowest BCUT2D eigenvalue weighted by atomic mass is 10.3. The van der Waals surface area contributed by atoms with Crippen LogP contribution in [0.25, 0.3) is 5.69 Å². The van der Waals surface area contributed by atoms with E-state index >= 15 is 0 Å². The SMILES string of the molecule is O=C(O)c1nn(-c2ccc(Cl)cc2Br)ccc1=O. The van der Waals surface area contributed by atoms with Crippen LogP contribution in [0, 0.1) is 0 Å². The Kier molecular flexibility index (Phi) is 3.49. The molecule has 1 aromatic heterocycles. The largest absolute Gasteiger partial charge is 0.476 e. The molecule has 0 aliphatic carbocycles. The van der Waals surface area contributed by atoms with Crippen molar-refractivity contribution in [3.63, 3.8) is 0 Å². The van der Waals surface area contributed by atoms with E-state index in [9.17, 15) is 9.59 Å². The zero-order valence-electron chi connectivity index (χ0n) is 8.80. The van der Waals surface area contributed by atoms with Crippen molar-refractivity contribution in [1.82, 2.24) is 9.78 Å². The molecule has 2 aromatic rings. The highest BCUT2D eigenvalue weighted by atomic mass is 79.9. The first-order valence-electron chi connectivity index (χ1n) is 4.78. The monoisotopic (exact) mass is 328 g/mol. The number of carbonyl (C=O) groups is 1. The van der Waals surface area contributed by atoms with E-state index in [4.69, 9.17) is 16.7 Å². The fourth-order valence-corrected chi connectivity index (χ4v) is 2.22. The summed E-state index contributed by atoms with van der Waals surface area (Å²) in [5.74, 6) is -1.36. The summed E-state index contributed by atoms with van der Waals surface area (Å²) in [6.45, 7) is 0. The predicted octanol–water partition coefficient (Wildman–Crippen LogP) is 2.35. The van der Waals surface area contributed by atoms with Gasteiger partial charge in [0.05, 0.1) is 5.69 Å². The van der Waals surface area contributed by atoms with E-state index in [1.807, 2.05) is 0 Å². The van der Waals surface area contributed by atoms with Crippen LogP contribution in [0.3, 0.4) is 0 Å². The quantitative estimate of drug-likeness (QED) is 0.918. The van der Waals surface area contributed by atoms with Crippen molar-refractivity contribution in [3.05, 3.63) is 55.9 Å². The zero-order valence-corrected chi connectivity index (χ0v) is 11.1. The first-order valence-corrected chi connectivity index (χ1v) is 5.95. The van der Waals surface area contributed by atoms with Gasteiger partial charge in [-0.15, -0.1) is 0 Å². The summed E-state index contributed by atoms with van der Waals surface area (Å²) in [6.07, 6.45) is 1.39. The van der Waals surface area contributed by atoms with E-state index in [1.165, 1.54) is 10.9 Å². The molecule has 0 bridgehead atoms. The molecule has 92 valence electrons. The lowest BCUT2D eigenvalue weighted by molar-refractivity contribution is 0.0687. The highest BCUT2D eigenvalue weighted by Crippen LogP contribution is 2.23. The van der Waals surface area contributed by atoms with Gasteiger partial charge >= 0.3 is 5.97 Å². The molecular weight excluding hydrogens is 323 g/mol. The number of carboxylic acids is 1. The lowest BCUT2D eigenvalue weighted by Crippen LogP contribution is -2.20. The molecule has 1 heterocycles. The van der Waals surface area contributed by atoms with Crippen LogP contribution in [0.2, 0.25) is 5.02 Å². The Balaban J connectivity index is 2.61. The van der Waals surface area contributed by atoms with Gasteiger partial charge in [0.1, 0.15) is 0 Å². The molecular formula is C11H6BrClN2O3. The van der Waals surface area contributed by atoms with Crippen molar-refractivity contribution in [2.45, 2.75) is 0 Å². The molecule has 2 rings (SSSR count). The molecule has 1 N–H and O–H groups in total. The number of aromatic carboxylic acids is 1. The van der Waals surface area contributed by atoms with E-state index in [1.54, 1.807) is 18.2 Å². The van der Waals surface area contributed by atoms with Gasteiger partial charge in [0.15, 0.2) is 0 Å². The standard InChI is InChI=1S/C11H6BrClN2O3/c12-7-5-6(13)1-2-8(7)15-4-3-9(16)10(14-15)11(17)18/h1-5H,(H,17,18). The first kappa shape index (κ1) is 12.8. The molecule has 0 radical (unpaired) electrons. The first-order chi connectivity index (χ1) is 8.49. The third-order valence-corrected chi connectivity index (χ3v) is 3.04. The number of benzene rings is 1. The maximum Gasteiger partial charge on any atom is 0.360 e. The topological polar surface area (TPSA) is 72.2 Å². The molecule has 7 heteroatoms. The van der Waals surface area contributed by atoms with Gasteiger partial charge in [0.2, 0.25) is 11.1 Å². The molecule has 0 aliphatic heterocycles. The van der Waals surface area contributed by atoms with Crippen LogP contribution in [-0.2, 0) is 0 Å². The van der Waals surface area contributed by atoms with Gasteiger partial charge in [-0.3, -0.25) is 4.79 Å². The van der Waals surface area contributed by atoms with Crippen molar-refractivity contribution < 1.29 is 9.90 Å². The summed E-state index contributed by atoms with van der Waals surface area (Å²) in [5, 5.41) is 13.1. The maximum atomic E-state index is 11.3. The minimum absolute atomic E-state index is 0.528. The van der Waals surface area contributed by atoms with Crippen molar-refractivity contribution in [2.75, 3.05) is 0 Å².